The number of aromatic hydroxyl groups is 2. The van der Waals surface area contributed by atoms with Crippen LogP contribution in [0.4, 0.5) is 0 Å². The van der Waals surface area contributed by atoms with E-state index in [1.165, 1.54) is 26.4 Å². The third-order valence-electron chi connectivity index (χ3n) is 4.94. The van der Waals surface area contributed by atoms with E-state index in [2.05, 4.69) is 21.1 Å². The van der Waals surface area contributed by atoms with E-state index in [1.807, 2.05) is 0 Å². The molecular weight excluding hydrogens is 440 g/mol. The SMILES string of the molecule is COc1ccc(/C(C)=N/NC(=O)CCCCC(=O)N/N=C(\C)c2ccc(OC)cc2O)c(O)c1. The number of nitrogens with one attached hydrogen (secondary N) is 2. The van der Waals surface area contributed by atoms with Gasteiger partial charge in [0.25, 0.3) is 0 Å². The maximum atomic E-state index is 12.0. The zero-order valence-corrected chi connectivity index (χ0v) is 19.7. The average Bonchev–Trinajstić information content (AvgIpc) is 2.83. The highest BCUT2D eigenvalue weighted by Crippen LogP contribution is 2.24. The first kappa shape index (κ1) is 26.2. The molecule has 4 N–H and O–H groups in total. The van der Waals surface area contributed by atoms with E-state index in [4.69, 9.17) is 9.47 Å². The number of carbonyl (C=O) groups excluding carboxylic acids is 2. The third kappa shape index (κ3) is 7.80. The first-order valence-corrected chi connectivity index (χ1v) is 10.7. The monoisotopic (exact) mass is 470 g/mol. The Morgan fingerprint density at radius 1 is 0.765 bits per heavy atom. The minimum Gasteiger partial charge on any atom is -0.507 e. The van der Waals surface area contributed by atoms with Crippen molar-refractivity contribution in [3.05, 3.63) is 47.5 Å². The summed E-state index contributed by atoms with van der Waals surface area (Å²) in [5.74, 6) is 0.443. The number of benzene rings is 2. The van der Waals surface area contributed by atoms with Crippen LogP contribution < -0.4 is 20.3 Å². The number of phenols is 2. The molecule has 0 aliphatic heterocycles. The lowest BCUT2D eigenvalue weighted by Gasteiger charge is -2.07. The van der Waals surface area contributed by atoms with Gasteiger partial charge in [-0.3, -0.25) is 9.59 Å². The van der Waals surface area contributed by atoms with E-state index in [0.717, 1.165) is 0 Å². The summed E-state index contributed by atoms with van der Waals surface area (Å²) >= 11 is 0. The van der Waals surface area contributed by atoms with Crippen LogP contribution in [0.5, 0.6) is 23.0 Å². The van der Waals surface area contributed by atoms with Crippen LogP contribution in [0.2, 0.25) is 0 Å². The Morgan fingerprint density at radius 3 is 1.47 bits per heavy atom. The van der Waals surface area contributed by atoms with Gasteiger partial charge in [-0.2, -0.15) is 10.2 Å². The predicted octanol–water partition coefficient (Wildman–Crippen LogP) is 3.06. The number of phenolic OH excluding ortho intramolecular Hbond substituents is 2. The highest BCUT2D eigenvalue weighted by Gasteiger charge is 2.09. The van der Waals surface area contributed by atoms with Crippen LogP contribution in [-0.4, -0.2) is 47.7 Å². The summed E-state index contributed by atoms with van der Waals surface area (Å²) in [5.41, 5.74) is 6.76. The highest BCUT2D eigenvalue weighted by atomic mass is 16.5. The van der Waals surface area contributed by atoms with Crippen LogP contribution in [0.25, 0.3) is 0 Å². The topological polar surface area (TPSA) is 142 Å². The molecule has 0 atom stereocenters. The molecule has 0 heterocycles. The van der Waals surface area contributed by atoms with Crippen molar-refractivity contribution >= 4 is 23.2 Å². The zero-order valence-electron chi connectivity index (χ0n) is 19.7. The molecule has 0 fully saturated rings. The van der Waals surface area contributed by atoms with E-state index < -0.39 is 0 Å². The molecule has 2 rings (SSSR count). The van der Waals surface area contributed by atoms with Crippen molar-refractivity contribution in [1.29, 1.82) is 0 Å². The van der Waals surface area contributed by atoms with Crippen LogP contribution in [0.15, 0.2) is 46.6 Å². The van der Waals surface area contributed by atoms with Crippen LogP contribution in [-0.2, 0) is 9.59 Å². The fourth-order valence-electron chi connectivity index (χ4n) is 2.98. The summed E-state index contributed by atoms with van der Waals surface area (Å²) in [7, 11) is 3.00. The fraction of sp³-hybridized carbons (Fsp3) is 0.333. The number of nitrogens with zero attached hydrogens (tertiary/aromatic N) is 2. The molecule has 0 aliphatic carbocycles. The van der Waals surface area contributed by atoms with Crippen molar-refractivity contribution in [1.82, 2.24) is 10.9 Å². The average molecular weight is 471 g/mol. The van der Waals surface area contributed by atoms with Gasteiger partial charge in [0.05, 0.1) is 25.6 Å². The molecule has 34 heavy (non-hydrogen) atoms. The normalized spacial score (nSPS) is 11.6. The first-order valence-electron chi connectivity index (χ1n) is 10.7. The molecular formula is C24H30N4O6. The first-order chi connectivity index (χ1) is 16.2. The van der Waals surface area contributed by atoms with Crippen LogP contribution in [0.3, 0.4) is 0 Å². The summed E-state index contributed by atoms with van der Waals surface area (Å²) in [5, 5.41) is 28.1. The third-order valence-corrected chi connectivity index (χ3v) is 4.94. The van der Waals surface area contributed by atoms with Crippen molar-refractivity contribution < 1.29 is 29.3 Å². The van der Waals surface area contributed by atoms with E-state index in [1.54, 1.807) is 38.1 Å². The second kappa shape index (κ2) is 12.8. The Morgan fingerprint density at radius 2 is 1.15 bits per heavy atom. The molecule has 2 aromatic rings. The minimum atomic E-state index is -0.295. The summed E-state index contributed by atoms with van der Waals surface area (Å²) in [6.07, 6.45) is 1.37. The standard InChI is InChI=1S/C24H30N4O6/c1-15(19-11-9-17(33-3)13-21(19)29)25-27-23(31)7-5-6-8-24(32)28-26-16(2)20-12-10-18(34-4)14-22(20)30/h9-14,29-30H,5-8H2,1-4H3,(H,27,31)(H,28,32)/b25-15+,26-16+. The largest absolute Gasteiger partial charge is 0.507 e. The molecule has 0 saturated carbocycles. The molecule has 2 amide bonds. The number of unbranched alkanes of at least 4 members (excludes halogenated alkanes) is 1. The Bertz CT molecular complexity index is 996. The number of hydrazone groups is 2. The molecule has 0 aliphatic rings. The summed E-state index contributed by atoms with van der Waals surface area (Å²) < 4.78 is 10.1. The smallest absolute Gasteiger partial charge is 0.240 e. The van der Waals surface area contributed by atoms with E-state index in [9.17, 15) is 19.8 Å². The van der Waals surface area contributed by atoms with Crippen LogP contribution in [0, 0.1) is 0 Å². The molecule has 0 unspecified atom stereocenters. The molecule has 0 spiro atoms. The van der Waals surface area contributed by atoms with Crippen LogP contribution in [0.1, 0.15) is 50.7 Å². The lowest BCUT2D eigenvalue weighted by Crippen LogP contribution is -2.20. The molecule has 10 nitrogen and oxygen atoms in total. The van der Waals surface area contributed by atoms with Gasteiger partial charge in [-0.15, -0.1) is 0 Å². The number of methoxy groups -OCH3 is 2. The Labute approximate surface area is 198 Å². The number of hydrogen-bond acceptors (Lipinski definition) is 8. The maximum Gasteiger partial charge on any atom is 0.240 e. The number of amides is 2. The van der Waals surface area contributed by atoms with Crippen molar-refractivity contribution in [2.75, 3.05) is 14.2 Å². The second-order valence-corrected chi connectivity index (χ2v) is 7.44. The Balaban J connectivity index is 1.73. The number of ether oxygens (including phenoxy) is 2. The second-order valence-electron chi connectivity index (χ2n) is 7.44. The highest BCUT2D eigenvalue weighted by molar-refractivity contribution is 6.02. The lowest BCUT2D eigenvalue weighted by atomic mass is 10.1. The minimum absolute atomic E-state index is 0.000889. The number of hydrogen-bond donors (Lipinski definition) is 4. The van der Waals surface area contributed by atoms with Gasteiger partial charge in [0.1, 0.15) is 23.0 Å². The molecule has 0 saturated heterocycles. The van der Waals surface area contributed by atoms with Gasteiger partial charge in [0.2, 0.25) is 11.8 Å². The Kier molecular flexibility index (Phi) is 9.88. The van der Waals surface area contributed by atoms with E-state index in [-0.39, 0.29) is 36.2 Å². The van der Waals surface area contributed by atoms with Gasteiger partial charge in [-0.05, 0) is 51.0 Å². The van der Waals surface area contributed by atoms with Crippen molar-refractivity contribution in [3.8, 4) is 23.0 Å². The van der Waals surface area contributed by atoms with Crippen molar-refractivity contribution in [2.24, 2.45) is 10.2 Å². The molecule has 0 bridgehead atoms. The fourth-order valence-corrected chi connectivity index (χ4v) is 2.98. The van der Waals surface area contributed by atoms with Gasteiger partial charge in [0, 0.05) is 36.1 Å². The number of carbonyl (C=O) groups is 2. The van der Waals surface area contributed by atoms with E-state index >= 15 is 0 Å². The molecule has 0 aromatic heterocycles. The zero-order chi connectivity index (χ0) is 25.1. The summed E-state index contributed by atoms with van der Waals surface area (Å²) in [6, 6.07) is 9.60. The molecule has 10 heteroatoms. The van der Waals surface area contributed by atoms with Gasteiger partial charge in [-0.25, -0.2) is 10.9 Å². The van der Waals surface area contributed by atoms with Crippen LogP contribution >= 0.6 is 0 Å². The molecule has 0 radical (unpaired) electrons. The summed E-state index contributed by atoms with van der Waals surface area (Å²) in [4.78, 5) is 24.0. The quantitative estimate of drug-likeness (QED) is 0.226. The summed E-state index contributed by atoms with van der Waals surface area (Å²) in [6.45, 7) is 3.33. The maximum absolute atomic E-state index is 12.0. The van der Waals surface area contributed by atoms with Gasteiger partial charge in [0.15, 0.2) is 0 Å². The van der Waals surface area contributed by atoms with Gasteiger partial charge in [-0.1, -0.05) is 0 Å². The van der Waals surface area contributed by atoms with Crippen molar-refractivity contribution in [3.63, 3.8) is 0 Å². The van der Waals surface area contributed by atoms with Crippen molar-refractivity contribution in [2.45, 2.75) is 39.5 Å². The predicted molar refractivity (Wildman–Crippen MR) is 128 cm³/mol. The van der Waals surface area contributed by atoms with Gasteiger partial charge >= 0.3 is 0 Å². The molecule has 182 valence electrons. The van der Waals surface area contributed by atoms with E-state index in [0.29, 0.717) is 46.9 Å². The Hall–Kier alpha value is -4.08. The van der Waals surface area contributed by atoms with Gasteiger partial charge < -0.3 is 19.7 Å². The molecule has 2 aromatic carbocycles. The lowest BCUT2D eigenvalue weighted by molar-refractivity contribution is -0.123. The number of rotatable bonds is 11.